The fraction of sp³-hybridized carbons (Fsp3) is 0.308. The second-order valence-electron chi connectivity index (χ2n) is 8.22. The molecule has 0 aromatic heterocycles. The van der Waals surface area contributed by atoms with Gasteiger partial charge in [0.25, 0.3) is 0 Å². The molecule has 2 unspecified atom stereocenters. The molecule has 2 atom stereocenters. The van der Waals surface area contributed by atoms with Gasteiger partial charge in [-0.2, -0.15) is 0 Å². The zero-order chi connectivity index (χ0) is 23.7. The Balaban J connectivity index is 1.82. The molecule has 0 amide bonds. The van der Waals surface area contributed by atoms with Crippen molar-refractivity contribution in [1.82, 2.24) is 5.32 Å². The van der Waals surface area contributed by atoms with E-state index in [1.165, 1.54) is 13.2 Å². The Morgan fingerprint density at radius 3 is 2.52 bits per heavy atom. The predicted octanol–water partition coefficient (Wildman–Crippen LogP) is 4.98. The smallest absolute Gasteiger partial charge is 0.336 e. The zero-order valence-corrected chi connectivity index (χ0v) is 19.5. The Morgan fingerprint density at radius 2 is 1.85 bits per heavy atom. The number of Topliss-reactive ketones (excluding diaryl/α,β-unsaturated/α-hetero) is 1. The maximum Gasteiger partial charge on any atom is 0.336 e. The van der Waals surface area contributed by atoms with Crippen molar-refractivity contribution in [3.05, 3.63) is 81.2 Å². The number of esters is 1. The summed E-state index contributed by atoms with van der Waals surface area (Å²) in [6, 6.07) is 12.4. The highest BCUT2D eigenvalue weighted by atomic mass is 35.5. The van der Waals surface area contributed by atoms with Crippen LogP contribution in [0.25, 0.3) is 0 Å². The van der Waals surface area contributed by atoms with Gasteiger partial charge in [-0.1, -0.05) is 29.8 Å². The van der Waals surface area contributed by atoms with E-state index in [9.17, 15) is 14.7 Å². The van der Waals surface area contributed by atoms with Crippen molar-refractivity contribution in [3.63, 3.8) is 0 Å². The van der Waals surface area contributed by atoms with Crippen LogP contribution in [0, 0.1) is 0 Å². The van der Waals surface area contributed by atoms with Crippen molar-refractivity contribution in [2.45, 2.75) is 38.5 Å². The number of ketones is 1. The van der Waals surface area contributed by atoms with Gasteiger partial charge in [0.1, 0.15) is 0 Å². The number of hydrogen-bond acceptors (Lipinski definition) is 6. The average molecular weight is 468 g/mol. The number of nitrogens with one attached hydrogen (secondary N) is 1. The lowest BCUT2D eigenvalue weighted by Gasteiger charge is -2.36. The first-order valence-electron chi connectivity index (χ1n) is 10.9. The molecule has 0 bridgehead atoms. The highest BCUT2D eigenvalue weighted by Crippen LogP contribution is 2.46. The Morgan fingerprint density at radius 1 is 1.15 bits per heavy atom. The molecule has 172 valence electrons. The SMILES string of the molecule is CCOC(=O)C1=C(C)NC2=C(C(=O)CC(c3ccc(Cl)cc3)C2)C1c1ccc(O)c(OC)c1. The molecule has 0 saturated heterocycles. The molecule has 2 aliphatic rings. The van der Waals surface area contributed by atoms with Crippen LogP contribution in [0.3, 0.4) is 0 Å². The second kappa shape index (κ2) is 9.32. The topological polar surface area (TPSA) is 84.9 Å². The van der Waals surface area contributed by atoms with Gasteiger partial charge < -0.3 is 19.9 Å². The molecule has 0 fully saturated rings. The summed E-state index contributed by atoms with van der Waals surface area (Å²) in [5, 5.41) is 14.0. The third-order valence-electron chi connectivity index (χ3n) is 6.20. The van der Waals surface area contributed by atoms with Crippen LogP contribution in [0.5, 0.6) is 11.5 Å². The van der Waals surface area contributed by atoms with Crippen LogP contribution in [0.4, 0.5) is 0 Å². The Bertz CT molecular complexity index is 1170. The molecule has 0 radical (unpaired) electrons. The molecule has 7 heteroatoms. The Kier molecular flexibility index (Phi) is 6.47. The molecule has 2 aromatic rings. The number of benzene rings is 2. The summed E-state index contributed by atoms with van der Waals surface area (Å²) in [7, 11) is 1.46. The minimum atomic E-state index is -0.617. The summed E-state index contributed by atoms with van der Waals surface area (Å²) < 4.78 is 10.6. The third-order valence-corrected chi connectivity index (χ3v) is 6.45. The minimum Gasteiger partial charge on any atom is -0.504 e. The lowest BCUT2D eigenvalue weighted by Crippen LogP contribution is -2.36. The van der Waals surface area contributed by atoms with E-state index in [-0.39, 0.29) is 29.8 Å². The quantitative estimate of drug-likeness (QED) is 0.603. The number of aromatic hydroxyl groups is 1. The maximum absolute atomic E-state index is 13.5. The number of phenolic OH excluding ortho intramolecular Hbond substituents is 1. The lowest BCUT2D eigenvalue weighted by atomic mass is 9.71. The Labute approximate surface area is 197 Å². The van der Waals surface area contributed by atoms with Crippen LogP contribution in [0.2, 0.25) is 5.02 Å². The highest BCUT2D eigenvalue weighted by Gasteiger charge is 2.41. The van der Waals surface area contributed by atoms with Crippen LogP contribution < -0.4 is 10.1 Å². The molecule has 0 saturated carbocycles. The zero-order valence-electron chi connectivity index (χ0n) is 18.8. The van der Waals surface area contributed by atoms with Crippen molar-refractivity contribution in [2.24, 2.45) is 0 Å². The van der Waals surface area contributed by atoms with Gasteiger partial charge in [0.15, 0.2) is 17.3 Å². The lowest BCUT2D eigenvalue weighted by molar-refractivity contribution is -0.138. The number of phenols is 1. The number of rotatable bonds is 5. The van der Waals surface area contributed by atoms with Crippen LogP contribution >= 0.6 is 11.6 Å². The maximum atomic E-state index is 13.5. The van der Waals surface area contributed by atoms with Crippen molar-refractivity contribution in [2.75, 3.05) is 13.7 Å². The summed E-state index contributed by atoms with van der Waals surface area (Å²) in [6.45, 7) is 3.78. The van der Waals surface area contributed by atoms with E-state index < -0.39 is 11.9 Å². The van der Waals surface area contributed by atoms with Crippen LogP contribution in [-0.2, 0) is 14.3 Å². The van der Waals surface area contributed by atoms with Gasteiger partial charge in [-0.3, -0.25) is 4.79 Å². The predicted molar refractivity (Wildman–Crippen MR) is 125 cm³/mol. The van der Waals surface area contributed by atoms with E-state index in [1.807, 2.05) is 31.2 Å². The molecule has 1 aliphatic carbocycles. The number of allylic oxidation sites excluding steroid dienone is 3. The van der Waals surface area contributed by atoms with Gasteiger partial charge >= 0.3 is 5.97 Å². The van der Waals surface area contributed by atoms with Crippen LogP contribution in [0.15, 0.2) is 65.0 Å². The van der Waals surface area contributed by atoms with Gasteiger partial charge in [-0.05, 0) is 61.6 Å². The summed E-state index contributed by atoms with van der Waals surface area (Å²) in [4.78, 5) is 26.5. The molecule has 33 heavy (non-hydrogen) atoms. The normalized spacial score (nSPS) is 20.3. The van der Waals surface area contributed by atoms with Crippen molar-refractivity contribution >= 4 is 23.4 Å². The monoisotopic (exact) mass is 467 g/mol. The largest absolute Gasteiger partial charge is 0.504 e. The first-order valence-corrected chi connectivity index (χ1v) is 11.2. The van der Waals surface area contributed by atoms with Crippen molar-refractivity contribution in [1.29, 1.82) is 0 Å². The molecule has 6 nitrogen and oxygen atoms in total. The summed E-state index contributed by atoms with van der Waals surface area (Å²) in [6.07, 6.45) is 0.949. The first-order chi connectivity index (χ1) is 15.8. The number of halogens is 1. The molecule has 1 heterocycles. The number of carbonyl (C=O) groups excluding carboxylic acids is 2. The van der Waals surface area contributed by atoms with Gasteiger partial charge in [0, 0.05) is 34.3 Å². The van der Waals surface area contributed by atoms with E-state index in [0.717, 1.165) is 11.3 Å². The van der Waals surface area contributed by atoms with Gasteiger partial charge in [0.2, 0.25) is 0 Å². The number of methoxy groups -OCH3 is 1. The van der Waals surface area contributed by atoms with Crippen molar-refractivity contribution < 1.29 is 24.2 Å². The van der Waals surface area contributed by atoms with Gasteiger partial charge in [-0.15, -0.1) is 0 Å². The number of dihydropyridines is 1. The number of ether oxygens (including phenoxy) is 2. The molecular weight excluding hydrogens is 442 g/mol. The van der Waals surface area contributed by atoms with Crippen LogP contribution in [-0.4, -0.2) is 30.6 Å². The van der Waals surface area contributed by atoms with E-state index in [0.29, 0.717) is 40.3 Å². The first kappa shape index (κ1) is 22.9. The summed E-state index contributed by atoms with van der Waals surface area (Å²) in [5.41, 5.74) is 4.12. The van der Waals surface area contributed by atoms with Crippen LogP contribution in [0.1, 0.15) is 49.7 Å². The molecule has 2 N–H and O–H groups in total. The Hall–Kier alpha value is -3.25. The molecule has 4 rings (SSSR count). The standard InChI is InChI=1S/C26H26ClNO5/c1-4-33-26(31)23-14(2)28-19-11-17(15-5-8-18(27)9-6-15)12-21(30)25(19)24(23)16-7-10-20(29)22(13-16)32-3/h5-10,13,17,24,28-29H,4,11-12H2,1-3H3. The van der Waals surface area contributed by atoms with E-state index in [2.05, 4.69) is 5.32 Å². The van der Waals surface area contributed by atoms with Crippen molar-refractivity contribution in [3.8, 4) is 11.5 Å². The minimum absolute atomic E-state index is 0.00737. The van der Waals surface area contributed by atoms with E-state index >= 15 is 0 Å². The molecule has 0 spiro atoms. The number of carbonyl (C=O) groups is 2. The third kappa shape index (κ3) is 4.35. The molecular formula is C26H26ClNO5. The fourth-order valence-corrected chi connectivity index (χ4v) is 4.82. The summed E-state index contributed by atoms with van der Waals surface area (Å²) in [5.74, 6) is -0.855. The fourth-order valence-electron chi connectivity index (χ4n) is 4.70. The van der Waals surface area contributed by atoms with Gasteiger partial charge in [0.05, 0.1) is 19.3 Å². The summed E-state index contributed by atoms with van der Waals surface area (Å²) >= 11 is 6.04. The molecule has 2 aromatic carbocycles. The highest BCUT2D eigenvalue weighted by molar-refractivity contribution is 6.30. The average Bonchev–Trinajstić information content (AvgIpc) is 2.79. The van der Waals surface area contributed by atoms with E-state index in [1.54, 1.807) is 19.1 Å². The van der Waals surface area contributed by atoms with Gasteiger partial charge in [-0.25, -0.2) is 4.79 Å². The molecule has 1 aliphatic heterocycles. The second-order valence-corrected chi connectivity index (χ2v) is 8.66. The van der Waals surface area contributed by atoms with E-state index in [4.69, 9.17) is 21.1 Å². The number of hydrogen-bond donors (Lipinski definition) is 2.